The van der Waals surface area contributed by atoms with Gasteiger partial charge in [-0.2, -0.15) is 13.4 Å². The maximum atomic E-state index is 13.1. The first-order valence-electron chi connectivity index (χ1n) is 14.6. The highest BCUT2D eigenvalue weighted by atomic mass is 32.2. The van der Waals surface area contributed by atoms with Crippen molar-refractivity contribution in [3.05, 3.63) is 101 Å². The average molecular weight is 647 g/mol. The third-order valence-corrected chi connectivity index (χ3v) is 7.33. The van der Waals surface area contributed by atoms with Crippen molar-refractivity contribution in [2.45, 2.75) is 46.5 Å². The van der Waals surface area contributed by atoms with E-state index < -0.39 is 22.6 Å². The molecule has 2 aromatic heterocycles. The summed E-state index contributed by atoms with van der Waals surface area (Å²) in [4.78, 5) is 17.4. The Morgan fingerprint density at radius 2 is 1.50 bits per heavy atom. The minimum atomic E-state index is -3.77. The van der Waals surface area contributed by atoms with Crippen molar-refractivity contribution in [1.82, 2.24) is 20.6 Å². The molecule has 0 bridgehead atoms. The Balaban J connectivity index is 1.63. The highest BCUT2D eigenvalue weighted by molar-refractivity contribution is 7.85. The van der Waals surface area contributed by atoms with Crippen LogP contribution in [-0.2, 0) is 34.1 Å². The van der Waals surface area contributed by atoms with Gasteiger partial charge >= 0.3 is 0 Å². The molecule has 13 heteroatoms. The molecule has 0 saturated carbocycles. The summed E-state index contributed by atoms with van der Waals surface area (Å²) in [7, 11) is -3.77. The number of carbonyl (C=O) groups excluding carboxylic acids is 1. The number of hydrogen-bond donors (Lipinski definition) is 1. The Bertz CT molecular complexity index is 1890. The van der Waals surface area contributed by atoms with Crippen LogP contribution in [0.25, 0.3) is 22.7 Å². The van der Waals surface area contributed by atoms with Gasteiger partial charge in [-0.3, -0.25) is 8.98 Å². The summed E-state index contributed by atoms with van der Waals surface area (Å²) in [6.07, 6.45) is 0.909. The molecule has 0 aliphatic carbocycles. The predicted molar refractivity (Wildman–Crippen MR) is 169 cm³/mol. The molecule has 0 atom stereocenters. The number of carbonyl (C=O) groups is 1. The Labute approximate surface area is 266 Å². The molecule has 5 aromatic rings. The lowest BCUT2D eigenvalue weighted by atomic mass is 9.96. The second-order valence-electron chi connectivity index (χ2n) is 10.7. The lowest BCUT2D eigenvalue weighted by molar-refractivity contribution is 0.0947. The van der Waals surface area contributed by atoms with Crippen molar-refractivity contribution < 1.29 is 35.9 Å². The molecule has 1 amide bonds. The van der Waals surface area contributed by atoms with Crippen molar-refractivity contribution in [3.63, 3.8) is 0 Å². The molecule has 5 rings (SSSR count). The standard InChI is InChI=1S/C33H34N4O8S/c1-5-34-33(38)30-29(32-35-28(44-37-32)20-43-46(4,39)40)31(45-36-30)25-16-24(21(2)3)26(41-18-22-12-8-6-9-13-22)17-27(25)42-19-23-14-10-7-11-15-23/h6-17,21H,5,18-20H2,1-4H3,(H,34,38). The summed E-state index contributed by atoms with van der Waals surface area (Å²) in [6.45, 7) is 6.26. The Morgan fingerprint density at radius 1 is 0.870 bits per heavy atom. The predicted octanol–water partition coefficient (Wildman–Crippen LogP) is 5.90. The maximum absolute atomic E-state index is 13.1. The number of rotatable bonds is 14. The molecule has 0 saturated heterocycles. The second-order valence-corrected chi connectivity index (χ2v) is 12.3. The maximum Gasteiger partial charge on any atom is 0.274 e. The van der Waals surface area contributed by atoms with Gasteiger partial charge in [0.15, 0.2) is 11.5 Å². The minimum Gasteiger partial charge on any atom is -0.488 e. The first-order valence-corrected chi connectivity index (χ1v) is 16.4. The van der Waals surface area contributed by atoms with Crippen LogP contribution in [-0.4, -0.2) is 42.4 Å². The van der Waals surface area contributed by atoms with Crippen molar-refractivity contribution in [3.8, 4) is 34.2 Å². The number of ether oxygens (including phenoxy) is 2. The molecule has 12 nitrogen and oxygen atoms in total. The van der Waals surface area contributed by atoms with Crippen molar-refractivity contribution >= 4 is 16.0 Å². The normalized spacial score (nSPS) is 11.5. The third-order valence-electron chi connectivity index (χ3n) is 6.79. The fourth-order valence-corrected chi connectivity index (χ4v) is 4.89. The van der Waals surface area contributed by atoms with E-state index in [-0.39, 0.29) is 41.3 Å². The molecule has 2 heterocycles. The van der Waals surface area contributed by atoms with Gasteiger partial charge in [0.25, 0.3) is 21.9 Å². The lowest BCUT2D eigenvalue weighted by Gasteiger charge is -2.19. The third kappa shape index (κ3) is 7.98. The molecule has 0 aliphatic rings. The molecule has 0 aliphatic heterocycles. The molecular formula is C33H34N4O8S. The first-order chi connectivity index (χ1) is 22.1. The molecule has 0 unspecified atom stereocenters. The quantitative estimate of drug-likeness (QED) is 0.143. The van der Waals surface area contributed by atoms with Crippen LogP contribution in [0.15, 0.2) is 81.8 Å². The number of amides is 1. The van der Waals surface area contributed by atoms with Gasteiger partial charge in [0.1, 0.15) is 36.9 Å². The molecular weight excluding hydrogens is 612 g/mol. The Hall–Kier alpha value is -5.01. The van der Waals surface area contributed by atoms with Crippen LogP contribution in [0, 0.1) is 0 Å². The van der Waals surface area contributed by atoms with Crippen LogP contribution < -0.4 is 14.8 Å². The van der Waals surface area contributed by atoms with Crippen LogP contribution in [0.4, 0.5) is 0 Å². The van der Waals surface area contributed by atoms with E-state index in [1.165, 1.54) is 0 Å². The van der Waals surface area contributed by atoms with E-state index in [4.69, 9.17) is 22.7 Å². The second kappa shape index (κ2) is 14.4. The number of benzene rings is 3. The fraction of sp³-hybridized carbons (Fsp3) is 0.273. The van der Waals surface area contributed by atoms with Gasteiger partial charge in [-0.05, 0) is 35.6 Å². The van der Waals surface area contributed by atoms with E-state index in [1.54, 1.807) is 13.0 Å². The van der Waals surface area contributed by atoms with E-state index in [2.05, 4.69) is 20.6 Å². The van der Waals surface area contributed by atoms with Crippen molar-refractivity contribution in [2.24, 2.45) is 0 Å². The van der Waals surface area contributed by atoms with Gasteiger partial charge in [0.2, 0.25) is 5.82 Å². The summed E-state index contributed by atoms with van der Waals surface area (Å²) in [5.74, 6) is 0.501. The summed E-state index contributed by atoms with van der Waals surface area (Å²) in [5.41, 5.74) is 3.32. The van der Waals surface area contributed by atoms with Gasteiger partial charge < -0.3 is 23.8 Å². The monoisotopic (exact) mass is 646 g/mol. The van der Waals surface area contributed by atoms with E-state index in [0.29, 0.717) is 30.2 Å². The molecule has 240 valence electrons. The first kappa shape index (κ1) is 32.4. The smallest absolute Gasteiger partial charge is 0.274 e. The van der Waals surface area contributed by atoms with Crippen LogP contribution in [0.5, 0.6) is 11.5 Å². The number of nitrogens with one attached hydrogen (secondary N) is 1. The summed E-state index contributed by atoms with van der Waals surface area (Å²) in [5, 5.41) is 10.8. The van der Waals surface area contributed by atoms with E-state index in [1.807, 2.05) is 80.6 Å². The summed E-state index contributed by atoms with van der Waals surface area (Å²) in [6, 6.07) is 23.2. The number of nitrogens with zero attached hydrogens (tertiary/aromatic N) is 3. The molecule has 3 aromatic carbocycles. The molecule has 0 fully saturated rings. The zero-order chi connectivity index (χ0) is 32.7. The highest BCUT2D eigenvalue weighted by Gasteiger charge is 2.31. The topological polar surface area (TPSA) is 156 Å². The average Bonchev–Trinajstić information content (AvgIpc) is 3.70. The summed E-state index contributed by atoms with van der Waals surface area (Å²) < 4.78 is 51.6. The van der Waals surface area contributed by atoms with Crippen LogP contribution in [0.3, 0.4) is 0 Å². The molecule has 46 heavy (non-hydrogen) atoms. The largest absolute Gasteiger partial charge is 0.488 e. The molecule has 0 spiro atoms. The van der Waals surface area contributed by atoms with E-state index in [0.717, 1.165) is 22.9 Å². The highest BCUT2D eigenvalue weighted by Crippen LogP contribution is 2.44. The SMILES string of the molecule is CCNC(=O)c1noc(-c2cc(C(C)C)c(OCc3ccccc3)cc2OCc2ccccc2)c1-c1noc(COS(C)(=O)=O)n1. The van der Waals surface area contributed by atoms with Crippen molar-refractivity contribution in [2.75, 3.05) is 12.8 Å². The van der Waals surface area contributed by atoms with E-state index in [9.17, 15) is 13.2 Å². The van der Waals surface area contributed by atoms with Crippen molar-refractivity contribution in [1.29, 1.82) is 0 Å². The number of hydrogen-bond acceptors (Lipinski definition) is 11. The Morgan fingerprint density at radius 3 is 2.09 bits per heavy atom. The van der Waals surface area contributed by atoms with Crippen LogP contribution >= 0.6 is 0 Å². The van der Waals surface area contributed by atoms with Crippen LogP contribution in [0.1, 0.15) is 59.8 Å². The summed E-state index contributed by atoms with van der Waals surface area (Å²) >= 11 is 0. The van der Waals surface area contributed by atoms with Gasteiger partial charge in [-0.25, -0.2) is 0 Å². The van der Waals surface area contributed by atoms with Gasteiger partial charge in [0.05, 0.1) is 11.8 Å². The van der Waals surface area contributed by atoms with Gasteiger partial charge in [-0.1, -0.05) is 84.8 Å². The van der Waals surface area contributed by atoms with E-state index >= 15 is 0 Å². The number of aromatic nitrogens is 3. The zero-order valence-electron chi connectivity index (χ0n) is 25.8. The Kier molecular flexibility index (Phi) is 10.1. The lowest BCUT2D eigenvalue weighted by Crippen LogP contribution is -2.23. The zero-order valence-corrected chi connectivity index (χ0v) is 26.7. The minimum absolute atomic E-state index is 0.0202. The van der Waals surface area contributed by atoms with Crippen LogP contribution in [0.2, 0.25) is 0 Å². The fourth-order valence-electron chi connectivity index (χ4n) is 4.57. The van der Waals surface area contributed by atoms with Gasteiger partial charge in [-0.15, -0.1) is 0 Å². The van der Waals surface area contributed by atoms with Gasteiger partial charge in [0, 0.05) is 12.6 Å². The molecule has 1 N–H and O–H groups in total. The molecule has 0 radical (unpaired) electrons.